The monoisotopic (exact) mass is 507 g/mol. The molecule has 0 spiro atoms. The van der Waals surface area contributed by atoms with Crippen molar-refractivity contribution in [3.63, 3.8) is 0 Å². The van der Waals surface area contributed by atoms with Crippen LogP contribution >= 0.6 is 23.2 Å². The van der Waals surface area contributed by atoms with Gasteiger partial charge in [0.2, 0.25) is 0 Å². The molecule has 33 heavy (non-hydrogen) atoms. The van der Waals surface area contributed by atoms with E-state index in [-0.39, 0.29) is 27.9 Å². The van der Waals surface area contributed by atoms with E-state index < -0.39 is 49.1 Å². The van der Waals surface area contributed by atoms with Gasteiger partial charge < -0.3 is 39.3 Å². The van der Waals surface area contributed by atoms with Crippen LogP contribution in [0.4, 0.5) is 5.69 Å². The van der Waals surface area contributed by atoms with E-state index >= 15 is 0 Å². The highest BCUT2D eigenvalue weighted by Gasteiger charge is 2.22. The highest BCUT2D eigenvalue weighted by Crippen LogP contribution is 2.32. The molecule has 1 rings (SSSR count). The Balaban J connectivity index is 0.00000235. The van der Waals surface area contributed by atoms with Gasteiger partial charge in [-0.1, -0.05) is 49.9 Å². The number of rotatable bonds is 11. The third-order valence-corrected chi connectivity index (χ3v) is 4.29. The van der Waals surface area contributed by atoms with Crippen molar-refractivity contribution < 1.29 is 48.4 Å². The van der Waals surface area contributed by atoms with Crippen molar-refractivity contribution in [3.05, 3.63) is 27.7 Å². The zero-order valence-electron chi connectivity index (χ0n) is 18.1. The molecule has 0 aromatic heterocycles. The van der Waals surface area contributed by atoms with Crippen molar-refractivity contribution in [2.45, 2.75) is 59.5 Å². The number of benzene rings is 1. The number of carboxylic acids is 2. The number of carboxylic acid groups (broad SMARTS) is 2. The first kappa shape index (κ1) is 29.9. The van der Waals surface area contributed by atoms with Gasteiger partial charge in [0.1, 0.15) is 6.61 Å². The molecule has 1 N–H and O–H groups in total. The van der Waals surface area contributed by atoms with Gasteiger partial charge in [-0.2, -0.15) is 0 Å². The quantitative estimate of drug-likeness (QED) is 0.256. The highest BCUT2D eigenvalue weighted by molar-refractivity contribution is 6.42. The Kier molecular flexibility index (Phi) is 14.3. The van der Waals surface area contributed by atoms with Crippen molar-refractivity contribution in [2.24, 2.45) is 0 Å². The van der Waals surface area contributed by atoms with E-state index in [0.29, 0.717) is 0 Å². The standard InChI is InChI=1S/C16H15Cl2NO10.C4H10/c1-7(20)27-6-8-10(3-2-9(17)15(8)18)19-16(28-13(25)4-11(21)22)29-14(26)5-12(23)24;1-3-4-2/h2-3,16,19H,4-6H2,1H3,(H,21,22)(H,23,24);3-4H2,1-2H3/p-2. The van der Waals surface area contributed by atoms with E-state index in [1.165, 1.54) is 25.0 Å². The minimum atomic E-state index is -1.96. The number of halogens is 2. The Morgan fingerprint density at radius 2 is 1.42 bits per heavy atom. The zero-order valence-corrected chi connectivity index (χ0v) is 19.6. The molecule has 184 valence electrons. The number of esters is 3. The highest BCUT2D eigenvalue weighted by atomic mass is 35.5. The van der Waals surface area contributed by atoms with Crippen LogP contribution in [0.3, 0.4) is 0 Å². The molecule has 0 aliphatic carbocycles. The first-order chi connectivity index (χ1) is 15.4. The van der Waals surface area contributed by atoms with Crippen LogP contribution in [0.25, 0.3) is 0 Å². The number of unbranched alkanes of at least 4 members (excludes halogenated alkanes) is 1. The van der Waals surface area contributed by atoms with Gasteiger partial charge in [-0.3, -0.25) is 14.4 Å². The number of hydrogen-bond donors (Lipinski definition) is 1. The Bertz CT molecular complexity index is 827. The van der Waals surface area contributed by atoms with Crippen LogP contribution in [0.1, 0.15) is 52.0 Å². The van der Waals surface area contributed by atoms with Crippen molar-refractivity contribution in [1.82, 2.24) is 0 Å². The van der Waals surface area contributed by atoms with Crippen LogP contribution in [0.15, 0.2) is 12.1 Å². The topological polar surface area (TPSA) is 171 Å². The lowest BCUT2D eigenvalue weighted by Crippen LogP contribution is -2.36. The number of ether oxygens (including phenoxy) is 3. The van der Waals surface area contributed by atoms with E-state index in [2.05, 4.69) is 28.6 Å². The number of nitrogens with one attached hydrogen (secondary N) is 1. The minimum Gasteiger partial charge on any atom is -0.550 e. The molecule has 0 fully saturated rings. The van der Waals surface area contributed by atoms with Gasteiger partial charge in [0, 0.05) is 18.2 Å². The Morgan fingerprint density at radius 1 is 0.939 bits per heavy atom. The molecule has 0 heterocycles. The molecule has 0 amide bonds. The fourth-order valence-corrected chi connectivity index (χ4v) is 2.21. The summed E-state index contributed by atoms with van der Waals surface area (Å²) in [6, 6.07) is 2.62. The molecule has 11 nitrogen and oxygen atoms in total. The Labute approximate surface area is 199 Å². The first-order valence-electron chi connectivity index (χ1n) is 9.56. The fraction of sp³-hybridized carbons (Fsp3) is 0.450. The van der Waals surface area contributed by atoms with E-state index in [0.717, 1.165) is 6.92 Å². The predicted molar refractivity (Wildman–Crippen MR) is 111 cm³/mol. The van der Waals surface area contributed by atoms with Gasteiger partial charge >= 0.3 is 24.3 Å². The molecule has 13 heteroatoms. The maximum Gasteiger partial charge on any atom is 0.329 e. The lowest BCUT2D eigenvalue weighted by Gasteiger charge is -2.22. The molecule has 0 radical (unpaired) electrons. The third kappa shape index (κ3) is 13.2. The molecule has 0 saturated carbocycles. The van der Waals surface area contributed by atoms with Crippen LogP contribution < -0.4 is 15.5 Å². The Hall–Kier alpha value is -3.05. The predicted octanol–water partition coefficient (Wildman–Crippen LogP) is 0.925. The zero-order chi connectivity index (χ0) is 25.6. The summed E-state index contributed by atoms with van der Waals surface area (Å²) in [6.45, 7) is 5.13. The van der Waals surface area contributed by atoms with E-state index in [1.54, 1.807) is 0 Å². The van der Waals surface area contributed by atoms with Crippen molar-refractivity contribution >= 4 is 58.7 Å². The second-order valence-electron chi connectivity index (χ2n) is 6.22. The molecule has 0 atom stereocenters. The number of anilines is 1. The number of aliphatic carboxylic acids is 2. The number of carbonyl (C=O) groups is 5. The lowest BCUT2D eigenvalue weighted by atomic mass is 10.2. The molecular weight excluding hydrogens is 485 g/mol. The van der Waals surface area contributed by atoms with Gasteiger partial charge in [0.25, 0.3) is 0 Å². The van der Waals surface area contributed by atoms with E-state index in [4.69, 9.17) is 27.9 Å². The summed E-state index contributed by atoms with van der Waals surface area (Å²) >= 11 is 12.0. The van der Waals surface area contributed by atoms with Crippen LogP contribution in [0.5, 0.6) is 0 Å². The summed E-state index contributed by atoms with van der Waals surface area (Å²) < 4.78 is 14.2. The van der Waals surface area contributed by atoms with Crippen LogP contribution in [-0.4, -0.2) is 36.3 Å². The molecule has 0 aliphatic heterocycles. The van der Waals surface area contributed by atoms with E-state index in [9.17, 15) is 34.2 Å². The van der Waals surface area contributed by atoms with Gasteiger partial charge in [0.15, 0.2) is 0 Å². The lowest BCUT2D eigenvalue weighted by molar-refractivity contribution is -0.306. The van der Waals surface area contributed by atoms with Gasteiger partial charge in [-0.05, 0) is 12.1 Å². The maximum absolute atomic E-state index is 11.6. The van der Waals surface area contributed by atoms with Crippen molar-refractivity contribution in [3.8, 4) is 0 Å². The maximum atomic E-state index is 11.6. The minimum absolute atomic E-state index is 0.0214. The van der Waals surface area contributed by atoms with Gasteiger partial charge in [-0.25, -0.2) is 0 Å². The van der Waals surface area contributed by atoms with Crippen molar-refractivity contribution in [2.75, 3.05) is 5.32 Å². The average molecular weight is 508 g/mol. The third-order valence-electron chi connectivity index (χ3n) is 3.44. The van der Waals surface area contributed by atoms with E-state index in [1.807, 2.05) is 0 Å². The second kappa shape index (κ2) is 15.7. The number of hydrogen-bond acceptors (Lipinski definition) is 11. The number of carbonyl (C=O) groups excluding carboxylic acids is 5. The van der Waals surface area contributed by atoms with Crippen LogP contribution in [-0.2, 0) is 44.8 Å². The van der Waals surface area contributed by atoms with Crippen LogP contribution in [0.2, 0.25) is 10.0 Å². The molecule has 1 aromatic rings. The fourth-order valence-electron chi connectivity index (χ4n) is 1.81. The summed E-state index contributed by atoms with van der Waals surface area (Å²) in [6.07, 6.45) is -1.66. The summed E-state index contributed by atoms with van der Waals surface area (Å²) in [5.74, 6) is -6.89. The van der Waals surface area contributed by atoms with Crippen molar-refractivity contribution in [1.29, 1.82) is 0 Å². The Morgan fingerprint density at radius 3 is 1.82 bits per heavy atom. The molecule has 0 saturated heterocycles. The second-order valence-corrected chi connectivity index (χ2v) is 7.01. The SMILES string of the molecule is CC(=O)OCc1c(NC(OC(=O)CC(=O)[O-])OC(=O)CC(=O)[O-])ccc(Cl)c1Cl.CCCC. The normalized spacial score (nSPS) is 9.88. The molecular formula is C20H23Cl2NO10-2. The summed E-state index contributed by atoms with van der Waals surface area (Å²) in [5.41, 5.74) is 0.124. The van der Waals surface area contributed by atoms with Gasteiger partial charge in [-0.15, -0.1) is 0 Å². The summed E-state index contributed by atoms with van der Waals surface area (Å²) in [5, 5.41) is 23.4. The molecule has 1 aromatic carbocycles. The first-order valence-corrected chi connectivity index (χ1v) is 10.3. The summed E-state index contributed by atoms with van der Waals surface area (Å²) in [7, 11) is 0. The molecule has 0 bridgehead atoms. The molecule has 0 unspecified atom stereocenters. The van der Waals surface area contributed by atoms with Crippen LogP contribution in [0, 0.1) is 0 Å². The molecule has 0 aliphatic rings. The van der Waals surface area contributed by atoms with Gasteiger partial charge in [0.05, 0.1) is 34.8 Å². The average Bonchev–Trinajstić information content (AvgIpc) is 2.69. The summed E-state index contributed by atoms with van der Waals surface area (Å²) in [4.78, 5) is 55.2. The largest absolute Gasteiger partial charge is 0.550 e. The smallest absolute Gasteiger partial charge is 0.329 e.